The average molecular weight is 336 g/mol. The van der Waals surface area contributed by atoms with Crippen LogP contribution in [0.25, 0.3) is 0 Å². The van der Waals surface area contributed by atoms with Crippen LogP contribution in [0, 0.1) is 0 Å². The van der Waals surface area contributed by atoms with E-state index in [9.17, 15) is 14.4 Å². The van der Waals surface area contributed by atoms with Crippen LogP contribution >= 0.6 is 0 Å². The molecule has 24 heavy (non-hydrogen) atoms. The first-order valence-electron chi connectivity index (χ1n) is 7.29. The molecule has 0 aliphatic heterocycles. The predicted octanol–water partition coefficient (Wildman–Crippen LogP) is 2.13. The minimum absolute atomic E-state index is 0.0553. The molecule has 0 spiro atoms. The molecule has 0 radical (unpaired) electrons. The molecule has 1 aromatic rings. The highest BCUT2D eigenvalue weighted by Crippen LogP contribution is 2.16. The number of aromatic hydroxyl groups is 1. The van der Waals surface area contributed by atoms with Crippen molar-refractivity contribution >= 4 is 17.9 Å². The zero-order chi connectivity index (χ0) is 18.1. The second kappa shape index (κ2) is 9.34. The molecule has 0 saturated heterocycles. The summed E-state index contributed by atoms with van der Waals surface area (Å²) in [5.41, 5.74) is 0.255. The van der Waals surface area contributed by atoms with Crippen molar-refractivity contribution in [2.45, 2.75) is 32.8 Å². The molecule has 0 saturated carbocycles. The standard InChI is InChI=1S/C17H20O7/c1-11(2)17(21)22-10-12(3)23-15(19)8-9-16(20)24-14-6-4-13(18)5-7-14/h4-7,12,18H,1,8-10H2,2-3H3. The number of phenolic OH excluding ortho intramolecular Hbond substituents is 1. The Morgan fingerprint density at radius 3 is 2.29 bits per heavy atom. The van der Waals surface area contributed by atoms with Gasteiger partial charge in [-0.15, -0.1) is 0 Å². The smallest absolute Gasteiger partial charge is 0.333 e. The maximum absolute atomic E-state index is 11.6. The molecule has 0 aliphatic rings. The van der Waals surface area contributed by atoms with Crippen molar-refractivity contribution < 1.29 is 33.7 Å². The van der Waals surface area contributed by atoms with E-state index in [4.69, 9.17) is 19.3 Å². The van der Waals surface area contributed by atoms with Crippen LogP contribution in [-0.2, 0) is 23.9 Å². The summed E-state index contributed by atoms with van der Waals surface area (Å²) in [5.74, 6) is -1.43. The lowest BCUT2D eigenvalue weighted by Gasteiger charge is -2.13. The van der Waals surface area contributed by atoms with Crippen LogP contribution in [0.1, 0.15) is 26.7 Å². The quantitative estimate of drug-likeness (QED) is 0.441. The summed E-state index contributed by atoms with van der Waals surface area (Å²) in [6.07, 6.45) is -0.942. The fourth-order valence-corrected chi connectivity index (χ4v) is 1.53. The lowest BCUT2D eigenvalue weighted by atomic mass is 10.3. The number of phenols is 1. The van der Waals surface area contributed by atoms with E-state index in [2.05, 4.69) is 6.58 Å². The van der Waals surface area contributed by atoms with Gasteiger partial charge in [0, 0.05) is 5.57 Å². The van der Waals surface area contributed by atoms with Gasteiger partial charge in [-0.1, -0.05) is 6.58 Å². The maximum atomic E-state index is 11.6. The summed E-state index contributed by atoms with van der Waals surface area (Å²) in [7, 11) is 0. The third-order valence-corrected chi connectivity index (χ3v) is 2.73. The number of rotatable bonds is 8. The molecular weight excluding hydrogens is 316 g/mol. The molecule has 1 N–H and O–H groups in total. The molecule has 7 nitrogen and oxygen atoms in total. The third-order valence-electron chi connectivity index (χ3n) is 2.73. The summed E-state index contributed by atoms with van der Waals surface area (Å²) in [6.45, 7) is 6.43. The van der Waals surface area contributed by atoms with Gasteiger partial charge >= 0.3 is 17.9 Å². The molecule has 1 unspecified atom stereocenters. The Morgan fingerprint density at radius 1 is 1.12 bits per heavy atom. The molecule has 7 heteroatoms. The molecule has 1 atom stereocenters. The highest BCUT2D eigenvalue weighted by Gasteiger charge is 2.15. The summed E-state index contributed by atoms with van der Waals surface area (Å²) in [6, 6.07) is 5.63. The predicted molar refractivity (Wildman–Crippen MR) is 84.3 cm³/mol. The molecule has 0 heterocycles. The van der Waals surface area contributed by atoms with Crippen molar-refractivity contribution in [3.63, 3.8) is 0 Å². The van der Waals surface area contributed by atoms with Gasteiger partial charge in [0.05, 0.1) is 12.8 Å². The maximum Gasteiger partial charge on any atom is 0.333 e. The van der Waals surface area contributed by atoms with Gasteiger partial charge in [-0.25, -0.2) is 4.79 Å². The Hall–Kier alpha value is -2.83. The summed E-state index contributed by atoms with van der Waals surface area (Å²) in [4.78, 5) is 34.4. The van der Waals surface area contributed by atoms with Crippen LogP contribution in [-0.4, -0.2) is 35.7 Å². The number of hydrogen-bond donors (Lipinski definition) is 1. The molecule has 130 valence electrons. The lowest BCUT2D eigenvalue weighted by Crippen LogP contribution is -2.23. The molecule has 1 rings (SSSR count). The lowest BCUT2D eigenvalue weighted by molar-refractivity contribution is -0.157. The van der Waals surface area contributed by atoms with Gasteiger partial charge in [0.25, 0.3) is 0 Å². The largest absolute Gasteiger partial charge is 0.508 e. The topological polar surface area (TPSA) is 99.1 Å². The van der Waals surface area contributed by atoms with Crippen LogP contribution in [0.5, 0.6) is 11.5 Å². The molecule has 1 aromatic carbocycles. The minimum atomic E-state index is -0.631. The van der Waals surface area contributed by atoms with Gasteiger partial charge in [-0.2, -0.15) is 0 Å². The average Bonchev–Trinajstić information content (AvgIpc) is 2.52. The highest BCUT2D eigenvalue weighted by atomic mass is 16.6. The van der Waals surface area contributed by atoms with Crippen molar-refractivity contribution in [2.24, 2.45) is 0 Å². The van der Waals surface area contributed by atoms with E-state index in [1.54, 1.807) is 6.92 Å². The number of esters is 3. The fraction of sp³-hybridized carbons (Fsp3) is 0.353. The van der Waals surface area contributed by atoms with Gasteiger partial charge < -0.3 is 19.3 Å². The van der Waals surface area contributed by atoms with E-state index in [1.807, 2.05) is 0 Å². The highest BCUT2D eigenvalue weighted by molar-refractivity contribution is 5.87. The Balaban J connectivity index is 2.27. The van der Waals surface area contributed by atoms with Crippen molar-refractivity contribution in [3.05, 3.63) is 36.4 Å². The number of hydrogen-bond acceptors (Lipinski definition) is 7. The van der Waals surface area contributed by atoms with E-state index < -0.39 is 24.0 Å². The summed E-state index contributed by atoms with van der Waals surface area (Å²) >= 11 is 0. The molecular formula is C17H20O7. The van der Waals surface area contributed by atoms with E-state index in [0.717, 1.165) is 0 Å². The first kappa shape index (κ1) is 19.2. The molecule has 0 aliphatic carbocycles. The van der Waals surface area contributed by atoms with Gasteiger partial charge in [0.2, 0.25) is 0 Å². The van der Waals surface area contributed by atoms with Crippen molar-refractivity contribution in [1.29, 1.82) is 0 Å². The molecule has 0 aromatic heterocycles. The van der Waals surface area contributed by atoms with Crippen LogP contribution in [0.2, 0.25) is 0 Å². The molecule has 0 bridgehead atoms. The van der Waals surface area contributed by atoms with E-state index >= 15 is 0 Å². The first-order chi connectivity index (χ1) is 11.3. The SMILES string of the molecule is C=C(C)C(=O)OCC(C)OC(=O)CCC(=O)Oc1ccc(O)cc1. The van der Waals surface area contributed by atoms with E-state index in [0.29, 0.717) is 0 Å². The Bertz CT molecular complexity index is 604. The Kier molecular flexibility index (Phi) is 7.48. The Morgan fingerprint density at radius 2 is 1.71 bits per heavy atom. The second-order valence-electron chi connectivity index (χ2n) is 5.15. The number of ether oxygens (including phenoxy) is 3. The van der Waals surface area contributed by atoms with Gasteiger partial charge in [0.15, 0.2) is 0 Å². The van der Waals surface area contributed by atoms with Crippen molar-refractivity contribution in [1.82, 2.24) is 0 Å². The van der Waals surface area contributed by atoms with Crippen LogP contribution in [0.15, 0.2) is 36.4 Å². The number of carbonyl (C=O) groups excluding carboxylic acids is 3. The van der Waals surface area contributed by atoms with Gasteiger partial charge in [0.1, 0.15) is 24.2 Å². The molecule has 0 amide bonds. The summed E-state index contributed by atoms with van der Waals surface area (Å²) < 4.78 is 14.9. The monoisotopic (exact) mass is 336 g/mol. The summed E-state index contributed by atoms with van der Waals surface area (Å²) in [5, 5.41) is 9.12. The number of carbonyl (C=O) groups is 3. The minimum Gasteiger partial charge on any atom is -0.508 e. The zero-order valence-electron chi connectivity index (χ0n) is 13.6. The van der Waals surface area contributed by atoms with E-state index in [1.165, 1.54) is 31.2 Å². The normalized spacial score (nSPS) is 11.2. The zero-order valence-corrected chi connectivity index (χ0v) is 13.6. The number of benzene rings is 1. The van der Waals surface area contributed by atoms with E-state index in [-0.39, 0.29) is 36.5 Å². The fourth-order valence-electron chi connectivity index (χ4n) is 1.53. The second-order valence-corrected chi connectivity index (χ2v) is 5.15. The van der Waals surface area contributed by atoms with Crippen LogP contribution < -0.4 is 4.74 Å². The van der Waals surface area contributed by atoms with Crippen molar-refractivity contribution in [3.8, 4) is 11.5 Å². The molecule has 0 fully saturated rings. The Labute approximate surface area is 139 Å². The first-order valence-corrected chi connectivity index (χ1v) is 7.29. The third kappa shape index (κ3) is 7.44. The van der Waals surface area contributed by atoms with Crippen molar-refractivity contribution in [2.75, 3.05) is 6.61 Å². The van der Waals surface area contributed by atoms with Crippen LogP contribution in [0.3, 0.4) is 0 Å². The van der Waals surface area contributed by atoms with Crippen LogP contribution in [0.4, 0.5) is 0 Å². The van der Waals surface area contributed by atoms with Gasteiger partial charge in [-0.3, -0.25) is 9.59 Å². The van der Waals surface area contributed by atoms with Gasteiger partial charge in [-0.05, 0) is 38.1 Å².